The molecule has 172 valence electrons. The summed E-state index contributed by atoms with van der Waals surface area (Å²) in [6.45, 7) is 6.38. The van der Waals surface area contributed by atoms with Crippen molar-refractivity contribution in [3.05, 3.63) is 52.5 Å². The number of aromatic hydroxyl groups is 1. The number of hydrogen-bond acceptors (Lipinski definition) is 6. The Morgan fingerprint density at radius 3 is 2.55 bits per heavy atom. The number of phenolic OH excluding ortho intramolecular Hbond substituents is 1. The summed E-state index contributed by atoms with van der Waals surface area (Å²) in [6, 6.07) is 11.5. The standard InChI is InChI=1S/C22H31ClNO5PS/c1-4-5-16(14-28-30(26,27)29-24)6-7-17-8-10-19(13-20(17)23)31-22-12-18(15(2)3)9-11-21(22)25/h8-13,15-16,25H,4-7,14,24H2,1-3H3,(H,26,27). The molecule has 0 heterocycles. The second-order valence-corrected chi connectivity index (χ2v) is 10.7. The van der Waals surface area contributed by atoms with Crippen molar-refractivity contribution >= 4 is 31.2 Å². The van der Waals surface area contributed by atoms with E-state index >= 15 is 0 Å². The van der Waals surface area contributed by atoms with Crippen molar-refractivity contribution in [2.24, 2.45) is 11.8 Å². The second kappa shape index (κ2) is 12.3. The van der Waals surface area contributed by atoms with E-state index in [1.165, 1.54) is 17.3 Å². The molecule has 0 amide bonds. The van der Waals surface area contributed by atoms with E-state index in [0.29, 0.717) is 17.4 Å². The lowest BCUT2D eigenvalue weighted by Crippen LogP contribution is -2.12. The zero-order valence-corrected chi connectivity index (χ0v) is 20.6. The summed E-state index contributed by atoms with van der Waals surface area (Å²) in [4.78, 5) is 11.1. The van der Waals surface area contributed by atoms with E-state index in [-0.39, 0.29) is 18.3 Å². The van der Waals surface area contributed by atoms with Crippen LogP contribution < -0.4 is 5.90 Å². The van der Waals surface area contributed by atoms with Gasteiger partial charge in [0.2, 0.25) is 0 Å². The maximum Gasteiger partial charge on any atom is 0.488 e. The van der Waals surface area contributed by atoms with Gasteiger partial charge in [-0.2, -0.15) is 0 Å². The molecular formula is C22H31ClNO5PS. The molecule has 0 bridgehead atoms. The van der Waals surface area contributed by atoms with Crippen molar-refractivity contribution in [3.8, 4) is 5.75 Å². The number of halogens is 1. The molecule has 0 aliphatic rings. The molecule has 4 N–H and O–H groups in total. The molecule has 2 atom stereocenters. The summed E-state index contributed by atoms with van der Waals surface area (Å²) in [5.74, 6) is 5.49. The van der Waals surface area contributed by atoms with Crippen LogP contribution in [0.1, 0.15) is 57.1 Å². The normalized spacial score (nSPS) is 14.5. The van der Waals surface area contributed by atoms with E-state index < -0.39 is 7.82 Å². The molecule has 0 aromatic heterocycles. The first-order valence-corrected chi connectivity index (χ1v) is 13.0. The molecular weight excluding hydrogens is 457 g/mol. The van der Waals surface area contributed by atoms with Crippen molar-refractivity contribution in [1.82, 2.24) is 0 Å². The van der Waals surface area contributed by atoms with Crippen LogP contribution in [0.3, 0.4) is 0 Å². The zero-order valence-electron chi connectivity index (χ0n) is 18.1. The molecule has 0 fully saturated rings. The third-order valence-electron chi connectivity index (χ3n) is 5.03. The van der Waals surface area contributed by atoms with Crippen LogP contribution >= 0.6 is 31.2 Å². The number of nitrogens with two attached hydrogens (primary N) is 1. The molecule has 2 unspecified atom stereocenters. The zero-order chi connectivity index (χ0) is 23.0. The molecule has 0 aliphatic heterocycles. The fourth-order valence-corrected chi connectivity index (χ4v) is 4.94. The van der Waals surface area contributed by atoms with Crippen LogP contribution in [0.5, 0.6) is 5.75 Å². The van der Waals surface area contributed by atoms with Crippen LogP contribution in [-0.4, -0.2) is 16.6 Å². The maximum absolute atomic E-state index is 11.4. The van der Waals surface area contributed by atoms with Gasteiger partial charge in [-0.25, -0.2) is 15.1 Å². The van der Waals surface area contributed by atoms with Gasteiger partial charge in [0.25, 0.3) is 0 Å². The first kappa shape index (κ1) is 26.2. The fraction of sp³-hybridized carbons (Fsp3) is 0.455. The number of benzene rings is 2. The quantitative estimate of drug-likeness (QED) is 0.227. The molecule has 31 heavy (non-hydrogen) atoms. The molecule has 2 aromatic carbocycles. The molecule has 6 nitrogen and oxygen atoms in total. The van der Waals surface area contributed by atoms with Gasteiger partial charge in [-0.1, -0.05) is 62.7 Å². The average Bonchev–Trinajstić information content (AvgIpc) is 2.72. The molecule has 0 radical (unpaired) electrons. The summed E-state index contributed by atoms with van der Waals surface area (Å²) >= 11 is 8.00. The van der Waals surface area contributed by atoms with E-state index in [2.05, 4.69) is 18.5 Å². The van der Waals surface area contributed by atoms with E-state index in [1.54, 1.807) is 6.07 Å². The van der Waals surface area contributed by atoms with Gasteiger partial charge in [-0.15, -0.1) is 0 Å². The molecule has 0 aliphatic carbocycles. The lowest BCUT2D eigenvalue weighted by molar-refractivity contribution is 0.127. The summed E-state index contributed by atoms with van der Waals surface area (Å²) < 4.78 is 20.4. The molecule has 0 saturated carbocycles. The Kier molecular flexibility index (Phi) is 10.4. The Morgan fingerprint density at radius 2 is 1.94 bits per heavy atom. The second-order valence-electron chi connectivity index (χ2n) is 7.80. The van der Waals surface area contributed by atoms with Gasteiger partial charge >= 0.3 is 7.82 Å². The number of hydrogen-bond donors (Lipinski definition) is 3. The number of phosphoric acid groups is 1. The molecule has 0 spiro atoms. The van der Waals surface area contributed by atoms with Gasteiger partial charge < -0.3 is 10.00 Å². The van der Waals surface area contributed by atoms with Crippen molar-refractivity contribution in [3.63, 3.8) is 0 Å². The van der Waals surface area contributed by atoms with Crippen LogP contribution in [0, 0.1) is 5.92 Å². The predicted molar refractivity (Wildman–Crippen MR) is 126 cm³/mol. The highest BCUT2D eigenvalue weighted by atomic mass is 35.5. The highest BCUT2D eigenvalue weighted by Gasteiger charge is 2.22. The molecule has 2 aromatic rings. The average molecular weight is 488 g/mol. The predicted octanol–water partition coefficient (Wildman–Crippen LogP) is 6.68. The summed E-state index contributed by atoms with van der Waals surface area (Å²) in [6.07, 6.45) is 3.24. The third kappa shape index (κ3) is 8.43. The van der Waals surface area contributed by atoms with Crippen molar-refractivity contribution in [2.45, 2.75) is 62.2 Å². The summed E-state index contributed by atoms with van der Waals surface area (Å²) in [5.41, 5.74) is 2.16. The highest BCUT2D eigenvalue weighted by Crippen LogP contribution is 2.42. The van der Waals surface area contributed by atoms with Gasteiger partial charge in [0, 0.05) is 9.92 Å². The van der Waals surface area contributed by atoms with Crippen LogP contribution in [0.4, 0.5) is 0 Å². The Hall–Kier alpha value is -1.05. The molecule has 2 rings (SSSR count). The SMILES string of the molecule is CCCC(CCc1ccc(Sc2cc(C(C)C)ccc2O)cc1Cl)COP(=O)(O)ON. The Morgan fingerprint density at radius 1 is 1.19 bits per heavy atom. The van der Waals surface area contributed by atoms with Crippen LogP contribution in [0.25, 0.3) is 0 Å². The Balaban J connectivity index is 2.03. The van der Waals surface area contributed by atoms with Crippen molar-refractivity contribution < 1.29 is 23.7 Å². The fourth-order valence-electron chi connectivity index (χ4n) is 3.20. The number of phosphoric ester groups is 1. The van der Waals surface area contributed by atoms with Crippen LogP contribution in [0.2, 0.25) is 5.02 Å². The van der Waals surface area contributed by atoms with Gasteiger partial charge in [0.15, 0.2) is 0 Å². The largest absolute Gasteiger partial charge is 0.507 e. The monoisotopic (exact) mass is 487 g/mol. The first-order chi connectivity index (χ1) is 14.6. The number of aryl methyl sites for hydroxylation is 1. The lowest BCUT2D eigenvalue weighted by atomic mass is 9.96. The lowest BCUT2D eigenvalue weighted by Gasteiger charge is -2.18. The summed E-state index contributed by atoms with van der Waals surface area (Å²) in [7, 11) is -4.18. The van der Waals surface area contributed by atoms with Crippen LogP contribution in [-0.2, 0) is 20.1 Å². The minimum absolute atomic E-state index is 0.0847. The molecule has 9 heteroatoms. The van der Waals surface area contributed by atoms with E-state index in [4.69, 9.17) is 22.0 Å². The first-order valence-electron chi connectivity index (χ1n) is 10.3. The van der Waals surface area contributed by atoms with E-state index in [9.17, 15) is 14.6 Å². The van der Waals surface area contributed by atoms with Crippen molar-refractivity contribution in [2.75, 3.05) is 6.61 Å². The minimum atomic E-state index is -4.18. The maximum atomic E-state index is 11.4. The van der Waals surface area contributed by atoms with Gasteiger partial charge in [0.1, 0.15) is 5.75 Å². The Bertz CT molecular complexity index is 911. The van der Waals surface area contributed by atoms with Crippen molar-refractivity contribution in [1.29, 1.82) is 0 Å². The molecule has 0 saturated heterocycles. The van der Waals surface area contributed by atoms with E-state index in [1.807, 2.05) is 37.3 Å². The minimum Gasteiger partial charge on any atom is -0.507 e. The summed E-state index contributed by atoms with van der Waals surface area (Å²) in [5, 5.41) is 10.9. The van der Waals surface area contributed by atoms with Gasteiger partial charge in [0.05, 0.1) is 11.5 Å². The number of phenols is 1. The Labute approximate surface area is 193 Å². The number of rotatable bonds is 12. The topological polar surface area (TPSA) is 102 Å². The van der Waals surface area contributed by atoms with Crippen LogP contribution in [0.15, 0.2) is 46.2 Å². The smallest absolute Gasteiger partial charge is 0.488 e. The third-order valence-corrected chi connectivity index (χ3v) is 7.16. The van der Waals surface area contributed by atoms with Gasteiger partial charge in [-0.05, 0) is 66.5 Å². The van der Waals surface area contributed by atoms with E-state index in [0.717, 1.165) is 34.6 Å². The van der Waals surface area contributed by atoms with Gasteiger partial charge in [-0.3, -0.25) is 4.52 Å². The highest BCUT2D eigenvalue weighted by molar-refractivity contribution is 7.99.